The Bertz CT molecular complexity index is 775. The highest BCUT2D eigenvalue weighted by atomic mass is 16.5. The zero-order valence-electron chi connectivity index (χ0n) is 13.8. The highest BCUT2D eigenvalue weighted by molar-refractivity contribution is 5.86. The average Bonchev–Trinajstić information content (AvgIpc) is 2.59. The minimum absolute atomic E-state index is 0.0203. The summed E-state index contributed by atoms with van der Waals surface area (Å²) in [6, 6.07) is 13.3. The molecule has 0 radical (unpaired) electrons. The monoisotopic (exact) mass is 344 g/mol. The van der Waals surface area contributed by atoms with Crippen LogP contribution in [-0.2, 0) is 14.4 Å². The number of fused-ring (bicyclic) bond motifs is 1. The standard InChI is InChI=1S/C18H20N2O5/c1-12(18(24)20-19-16(21)7-4-8-17(22)23)25-15-10-9-13-5-2-3-6-14(13)11-15/h2-3,5-6,9-12H,4,7-8H2,1H3,(H,19,21)(H,20,24)(H,22,23)/t12-/m1/s1. The lowest BCUT2D eigenvalue weighted by Crippen LogP contribution is -2.47. The van der Waals surface area contributed by atoms with Gasteiger partial charge in [0.1, 0.15) is 5.75 Å². The predicted octanol–water partition coefficient (Wildman–Crippen LogP) is 2.01. The largest absolute Gasteiger partial charge is 0.481 e. The van der Waals surface area contributed by atoms with Crippen LogP contribution in [0, 0.1) is 0 Å². The summed E-state index contributed by atoms with van der Waals surface area (Å²) < 4.78 is 5.59. The van der Waals surface area contributed by atoms with Gasteiger partial charge in [-0.25, -0.2) is 0 Å². The lowest BCUT2D eigenvalue weighted by atomic mass is 10.1. The Hall–Kier alpha value is -3.09. The van der Waals surface area contributed by atoms with Gasteiger partial charge in [-0.1, -0.05) is 30.3 Å². The Morgan fingerprint density at radius 1 is 1.04 bits per heavy atom. The summed E-state index contributed by atoms with van der Waals surface area (Å²) in [5, 5.41) is 10.6. The molecule has 0 unspecified atom stereocenters. The first kappa shape index (κ1) is 18.3. The van der Waals surface area contributed by atoms with E-state index in [4.69, 9.17) is 9.84 Å². The molecule has 0 heterocycles. The van der Waals surface area contributed by atoms with Gasteiger partial charge in [0, 0.05) is 12.8 Å². The first-order valence-electron chi connectivity index (χ1n) is 7.91. The van der Waals surface area contributed by atoms with Gasteiger partial charge in [-0.15, -0.1) is 0 Å². The molecule has 25 heavy (non-hydrogen) atoms. The van der Waals surface area contributed by atoms with Gasteiger partial charge in [0.25, 0.3) is 5.91 Å². The molecule has 2 amide bonds. The third-order valence-electron chi connectivity index (χ3n) is 3.52. The van der Waals surface area contributed by atoms with E-state index in [0.717, 1.165) is 10.8 Å². The van der Waals surface area contributed by atoms with Gasteiger partial charge in [0.05, 0.1) is 0 Å². The van der Waals surface area contributed by atoms with Crippen molar-refractivity contribution in [2.24, 2.45) is 0 Å². The molecule has 2 aromatic rings. The summed E-state index contributed by atoms with van der Waals surface area (Å²) >= 11 is 0. The van der Waals surface area contributed by atoms with Crippen molar-refractivity contribution in [1.29, 1.82) is 0 Å². The van der Waals surface area contributed by atoms with Gasteiger partial charge in [-0.2, -0.15) is 0 Å². The molecule has 0 bridgehead atoms. The van der Waals surface area contributed by atoms with Crippen LogP contribution in [0.1, 0.15) is 26.2 Å². The first-order chi connectivity index (χ1) is 12.0. The van der Waals surface area contributed by atoms with E-state index in [1.807, 2.05) is 36.4 Å². The Labute approximate surface area is 144 Å². The Balaban J connectivity index is 1.80. The Kier molecular flexibility index (Phi) is 6.33. The third kappa shape index (κ3) is 5.80. The average molecular weight is 344 g/mol. The fraction of sp³-hybridized carbons (Fsp3) is 0.278. The zero-order chi connectivity index (χ0) is 18.2. The second kappa shape index (κ2) is 8.68. The number of amides is 2. The molecule has 0 aliphatic heterocycles. The maximum absolute atomic E-state index is 12.0. The van der Waals surface area contributed by atoms with Crippen molar-refractivity contribution in [3.63, 3.8) is 0 Å². The quantitative estimate of drug-likeness (QED) is 0.667. The van der Waals surface area contributed by atoms with E-state index in [-0.39, 0.29) is 19.3 Å². The van der Waals surface area contributed by atoms with Crippen molar-refractivity contribution >= 4 is 28.6 Å². The number of benzene rings is 2. The number of nitrogens with one attached hydrogen (secondary N) is 2. The number of hydrazine groups is 1. The van der Waals surface area contributed by atoms with E-state index in [0.29, 0.717) is 5.75 Å². The Morgan fingerprint density at radius 3 is 2.48 bits per heavy atom. The number of hydrogen-bond acceptors (Lipinski definition) is 4. The summed E-state index contributed by atoms with van der Waals surface area (Å²) in [5.41, 5.74) is 4.51. The molecular formula is C18H20N2O5. The number of carbonyl (C=O) groups is 3. The zero-order valence-corrected chi connectivity index (χ0v) is 13.8. The molecule has 3 N–H and O–H groups in total. The van der Waals surface area contributed by atoms with E-state index in [9.17, 15) is 14.4 Å². The van der Waals surface area contributed by atoms with Crippen LogP contribution < -0.4 is 15.6 Å². The van der Waals surface area contributed by atoms with Crippen LogP contribution in [0.5, 0.6) is 5.75 Å². The minimum Gasteiger partial charge on any atom is -0.481 e. The Morgan fingerprint density at radius 2 is 1.76 bits per heavy atom. The molecule has 132 valence electrons. The lowest BCUT2D eigenvalue weighted by Gasteiger charge is -2.15. The number of rotatable bonds is 7. The second-order valence-electron chi connectivity index (χ2n) is 5.55. The lowest BCUT2D eigenvalue weighted by molar-refractivity contribution is -0.137. The first-order valence-corrected chi connectivity index (χ1v) is 7.91. The molecule has 2 aromatic carbocycles. The summed E-state index contributed by atoms with van der Waals surface area (Å²) in [6.45, 7) is 1.57. The number of carboxylic acids is 1. The van der Waals surface area contributed by atoms with Gasteiger partial charge < -0.3 is 9.84 Å². The molecule has 0 aliphatic rings. The maximum atomic E-state index is 12.0. The van der Waals surface area contributed by atoms with Crippen LogP contribution in [0.2, 0.25) is 0 Å². The number of carbonyl (C=O) groups excluding carboxylic acids is 2. The van der Waals surface area contributed by atoms with Gasteiger partial charge in [0.15, 0.2) is 6.10 Å². The maximum Gasteiger partial charge on any atom is 0.303 e. The van der Waals surface area contributed by atoms with E-state index in [1.165, 1.54) is 0 Å². The second-order valence-corrected chi connectivity index (χ2v) is 5.55. The highest BCUT2D eigenvalue weighted by Gasteiger charge is 2.15. The van der Waals surface area contributed by atoms with Gasteiger partial charge in [-0.05, 0) is 36.2 Å². The molecule has 0 aliphatic carbocycles. The highest BCUT2D eigenvalue weighted by Crippen LogP contribution is 2.21. The molecule has 0 aromatic heterocycles. The van der Waals surface area contributed by atoms with Crippen molar-refractivity contribution in [2.75, 3.05) is 0 Å². The van der Waals surface area contributed by atoms with Crippen molar-refractivity contribution in [3.05, 3.63) is 42.5 Å². The number of carboxylic acid groups (broad SMARTS) is 1. The molecule has 0 saturated carbocycles. The van der Waals surface area contributed by atoms with Crippen molar-refractivity contribution < 1.29 is 24.2 Å². The normalized spacial score (nSPS) is 11.6. The number of ether oxygens (including phenoxy) is 1. The van der Waals surface area contributed by atoms with Crippen LogP contribution in [-0.4, -0.2) is 29.0 Å². The molecule has 0 saturated heterocycles. The van der Waals surface area contributed by atoms with Crippen LogP contribution in [0.25, 0.3) is 10.8 Å². The van der Waals surface area contributed by atoms with Crippen molar-refractivity contribution in [3.8, 4) is 5.75 Å². The molecule has 2 rings (SSSR count). The van der Waals surface area contributed by atoms with Crippen LogP contribution in [0.4, 0.5) is 0 Å². The van der Waals surface area contributed by atoms with E-state index >= 15 is 0 Å². The molecular weight excluding hydrogens is 324 g/mol. The number of aliphatic carboxylic acids is 1. The number of hydrogen-bond donors (Lipinski definition) is 3. The smallest absolute Gasteiger partial charge is 0.303 e. The van der Waals surface area contributed by atoms with E-state index in [2.05, 4.69) is 10.9 Å². The molecule has 0 fully saturated rings. The van der Waals surface area contributed by atoms with Crippen LogP contribution >= 0.6 is 0 Å². The minimum atomic E-state index is -0.964. The summed E-state index contributed by atoms with van der Waals surface area (Å²) in [7, 11) is 0. The molecule has 1 atom stereocenters. The fourth-order valence-corrected chi connectivity index (χ4v) is 2.19. The third-order valence-corrected chi connectivity index (χ3v) is 3.52. The van der Waals surface area contributed by atoms with E-state index < -0.39 is 23.9 Å². The molecule has 7 nitrogen and oxygen atoms in total. The summed E-state index contributed by atoms with van der Waals surface area (Å²) in [4.78, 5) is 33.8. The van der Waals surface area contributed by atoms with E-state index in [1.54, 1.807) is 13.0 Å². The van der Waals surface area contributed by atoms with Crippen molar-refractivity contribution in [1.82, 2.24) is 10.9 Å². The van der Waals surface area contributed by atoms with Crippen LogP contribution in [0.15, 0.2) is 42.5 Å². The summed E-state index contributed by atoms with van der Waals surface area (Å²) in [5.74, 6) is -1.37. The van der Waals surface area contributed by atoms with Crippen molar-refractivity contribution in [2.45, 2.75) is 32.3 Å². The summed E-state index contributed by atoms with van der Waals surface area (Å²) in [6.07, 6.45) is -0.671. The van der Waals surface area contributed by atoms with Gasteiger partial charge in [-0.3, -0.25) is 25.2 Å². The van der Waals surface area contributed by atoms with Gasteiger partial charge >= 0.3 is 5.97 Å². The fourth-order valence-electron chi connectivity index (χ4n) is 2.19. The van der Waals surface area contributed by atoms with Gasteiger partial charge in [0.2, 0.25) is 5.91 Å². The topological polar surface area (TPSA) is 105 Å². The SMILES string of the molecule is C[C@@H](Oc1ccc2ccccc2c1)C(=O)NNC(=O)CCCC(=O)O. The predicted molar refractivity (Wildman–Crippen MR) is 91.8 cm³/mol. The van der Waals surface area contributed by atoms with Crippen LogP contribution in [0.3, 0.4) is 0 Å². The molecule has 7 heteroatoms. The molecule has 0 spiro atoms.